The minimum absolute atomic E-state index is 0.0261. The molecule has 0 aliphatic carbocycles. The molecular formula is C17H27N3O4S. The number of sulfonamides is 1. The first-order valence-electron chi connectivity index (χ1n) is 8.19. The van der Waals surface area contributed by atoms with Crippen LogP contribution in [0.5, 0.6) is 0 Å². The molecule has 1 rings (SSSR count). The number of hydrogen-bond acceptors (Lipinski definition) is 4. The van der Waals surface area contributed by atoms with Crippen molar-refractivity contribution in [2.75, 3.05) is 27.2 Å². The highest BCUT2D eigenvalue weighted by Crippen LogP contribution is 2.14. The molecule has 0 aromatic heterocycles. The molecule has 0 saturated heterocycles. The van der Waals surface area contributed by atoms with Crippen LogP contribution in [0.3, 0.4) is 0 Å². The molecule has 0 fully saturated rings. The Balaban J connectivity index is 2.68. The predicted molar refractivity (Wildman–Crippen MR) is 96.8 cm³/mol. The van der Waals surface area contributed by atoms with E-state index in [0.29, 0.717) is 18.7 Å². The lowest BCUT2D eigenvalue weighted by atomic mass is 10.2. The first-order chi connectivity index (χ1) is 11.6. The molecule has 8 heteroatoms. The van der Waals surface area contributed by atoms with E-state index in [-0.39, 0.29) is 22.8 Å². The van der Waals surface area contributed by atoms with E-state index in [9.17, 15) is 18.0 Å². The summed E-state index contributed by atoms with van der Waals surface area (Å²) in [5.41, 5.74) is 0.371. The third kappa shape index (κ3) is 5.54. The number of rotatable bonds is 8. The summed E-state index contributed by atoms with van der Waals surface area (Å²) in [6, 6.07) is 5.88. The quantitative estimate of drug-likeness (QED) is 0.749. The molecule has 0 radical (unpaired) electrons. The molecule has 1 atom stereocenters. The zero-order valence-corrected chi connectivity index (χ0v) is 16.3. The average molecular weight is 369 g/mol. The molecule has 1 aromatic rings. The number of carbonyl (C=O) groups is 2. The average Bonchev–Trinajstić information content (AvgIpc) is 2.57. The maximum Gasteiger partial charge on any atom is 0.251 e. The van der Waals surface area contributed by atoms with Crippen molar-refractivity contribution >= 4 is 21.8 Å². The summed E-state index contributed by atoms with van der Waals surface area (Å²) in [5, 5.41) is 2.75. The van der Waals surface area contributed by atoms with Gasteiger partial charge in [-0.05, 0) is 37.6 Å². The van der Waals surface area contributed by atoms with Crippen LogP contribution in [0.15, 0.2) is 29.2 Å². The molecular weight excluding hydrogens is 342 g/mol. The lowest BCUT2D eigenvalue weighted by Gasteiger charge is -2.27. The molecule has 0 bridgehead atoms. The Morgan fingerprint density at radius 1 is 1.16 bits per heavy atom. The van der Waals surface area contributed by atoms with Crippen LogP contribution in [-0.4, -0.2) is 62.7 Å². The monoisotopic (exact) mass is 369 g/mol. The van der Waals surface area contributed by atoms with Gasteiger partial charge >= 0.3 is 0 Å². The van der Waals surface area contributed by atoms with Crippen molar-refractivity contribution in [2.24, 2.45) is 0 Å². The van der Waals surface area contributed by atoms with Gasteiger partial charge in [0.15, 0.2) is 0 Å². The van der Waals surface area contributed by atoms with Crippen LogP contribution >= 0.6 is 0 Å². The standard InChI is InChI=1S/C17H27N3O4S/c1-6-13(2)20(14(3)21)12-11-18-17(22)15-7-9-16(10-8-15)25(23,24)19(4)5/h7-10,13H,6,11-12H2,1-5H3,(H,18,22). The summed E-state index contributed by atoms with van der Waals surface area (Å²) >= 11 is 0. The second-order valence-electron chi connectivity index (χ2n) is 6.04. The van der Waals surface area contributed by atoms with Gasteiger partial charge in [0.05, 0.1) is 4.90 Å². The smallest absolute Gasteiger partial charge is 0.251 e. The summed E-state index contributed by atoms with van der Waals surface area (Å²) in [4.78, 5) is 25.6. The van der Waals surface area contributed by atoms with Crippen molar-refractivity contribution < 1.29 is 18.0 Å². The minimum Gasteiger partial charge on any atom is -0.350 e. The molecule has 7 nitrogen and oxygen atoms in total. The Bertz CT molecular complexity index is 699. The number of nitrogens with zero attached hydrogens (tertiary/aromatic N) is 2. The van der Waals surface area contributed by atoms with Crippen LogP contribution < -0.4 is 5.32 Å². The zero-order chi connectivity index (χ0) is 19.2. The van der Waals surface area contributed by atoms with E-state index < -0.39 is 10.0 Å². The third-order valence-corrected chi connectivity index (χ3v) is 5.89. The third-order valence-electron chi connectivity index (χ3n) is 4.06. The van der Waals surface area contributed by atoms with Crippen molar-refractivity contribution in [1.29, 1.82) is 0 Å². The number of hydrogen-bond donors (Lipinski definition) is 1. The summed E-state index contributed by atoms with van der Waals surface area (Å²) < 4.78 is 25.1. The fraction of sp³-hybridized carbons (Fsp3) is 0.529. The number of carbonyl (C=O) groups excluding carboxylic acids is 2. The largest absolute Gasteiger partial charge is 0.350 e. The van der Waals surface area contributed by atoms with E-state index in [1.54, 1.807) is 4.90 Å². The normalized spacial score (nSPS) is 12.7. The molecule has 0 spiro atoms. The van der Waals surface area contributed by atoms with Crippen molar-refractivity contribution in [3.63, 3.8) is 0 Å². The van der Waals surface area contributed by atoms with Crippen LogP contribution in [0.25, 0.3) is 0 Å². The Kier molecular flexibility index (Phi) is 7.57. The lowest BCUT2D eigenvalue weighted by molar-refractivity contribution is -0.130. The second-order valence-corrected chi connectivity index (χ2v) is 8.19. The molecule has 0 saturated carbocycles. The van der Waals surface area contributed by atoms with Gasteiger partial charge in [0.1, 0.15) is 0 Å². The van der Waals surface area contributed by atoms with E-state index in [1.165, 1.54) is 45.3 Å². The minimum atomic E-state index is -3.51. The van der Waals surface area contributed by atoms with E-state index in [2.05, 4.69) is 5.32 Å². The van der Waals surface area contributed by atoms with Crippen molar-refractivity contribution in [3.05, 3.63) is 29.8 Å². The Labute approximate surface area is 150 Å². The molecule has 1 N–H and O–H groups in total. The van der Waals surface area contributed by atoms with Gasteiger partial charge in [-0.3, -0.25) is 9.59 Å². The van der Waals surface area contributed by atoms with Crippen LogP contribution in [0, 0.1) is 0 Å². The Hall–Kier alpha value is -1.93. The fourth-order valence-electron chi connectivity index (χ4n) is 2.29. The molecule has 140 valence electrons. The topological polar surface area (TPSA) is 86.8 Å². The fourth-order valence-corrected chi connectivity index (χ4v) is 3.19. The first kappa shape index (κ1) is 21.1. The van der Waals surface area contributed by atoms with Gasteiger partial charge in [0, 0.05) is 45.7 Å². The van der Waals surface area contributed by atoms with Crippen molar-refractivity contribution in [1.82, 2.24) is 14.5 Å². The van der Waals surface area contributed by atoms with Crippen molar-refractivity contribution in [3.8, 4) is 0 Å². The summed E-state index contributed by atoms with van der Waals surface area (Å²) in [6.45, 7) is 6.25. The molecule has 1 unspecified atom stereocenters. The highest BCUT2D eigenvalue weighted by atomic mass is 32.2. The molecule has 2 amide bonds. The first-order valence-corrected chi connectivity index (χ1v) is 9.63. The van der Waals surface area contributed by atoms with Gasteiger partial charge < -0.3 is 10.2 Å². The van der Waals surface area contributed by atoms with Gasteiger partial charge in [0.2, 0.25) is 15.9 Å². The van der Waals surface area contributed by atoms with Crippen molar-refractivity contribution in [2.45, 2.75) is 38.1 Å². The van der Waals surface area contributed by atoms with E-state index in [0.717, 1.165) is 10.7 Å². The second kappa shape index (κ2) is 8.96. The molecule has 0 aliphatic heterocycles. The maximum absolute atomic E-state index is 12.2. The van der Waals surface area contributed by atoms with Crippen LogP contribution in [0.4, 0.5) is 0 Å². The van der Waals surface area contributed by atoms with Crippen LogP contribution in [0.2, 0.25) is 0 Å². The van der Waals surface area contributed by atoms with Gasteiger partial charge in [-0.15, -0.1) is 0 Å². The number of benzene rings is 1. The van der Waals surface area contributed by atoms with Crippen LogP contribution in [0.1, 0.15) is 37.6 Å². The Morgan fingerprint density at radius 2 is 1.72 bits per heavy atom. The zero-order valence-electron chi connectivity index (χ0n) is 15.4. The SMILES string of the molecule is CCC(C)N(CCNC(=O)c1ccc(S(=O)(=O)N(C)C)cc1)C(C)=O. The predicted octanol–water partition coefficient (Wildman–Crippen LogP) is 1.31. The highest BCUT2D eigenvalue weighted by molar-refractivity contribution is 7.89. The lowest BCUT2D eigenvalue weighted by Crippen LogP contribution is -2.42. The molecule has 0 heterocycles. The highest BCUT2D eigenvalue weighted by Gasteiger charge is 2.18. The van der Waals surface area contributed by atoms with E-state index in [4.69, 9.17) is 0 Å². The summed E-state index contributed by atoms with van der Waals surface area (Å²) in [7, 11) is -0.607. The molecule has 25 heavy (non-hydrogen) atoms. The molecule has 1 aromatic carbocycles. The number of amides is 2. The Morgan fingerprint density at radius 3 is 2.16 bits per heavy atom. The van der Waals surface area contributed by atoms with Crippen LogP contribution in [-0.2, 0) is 14.8 Å². The van der Waals surface area contributed by atoms with E-state index in [1.807, 2.05) is 13.8 Å². The molecule has 0 aliphatic rings. The number of nitrogens with one attached hydrogen (secondary N) is 1. The van der Waals surface area contributed by atoms with Gasteiger partial charge in [-0.2, -0.15) is 0 Å². The van der Waals surface area contributed by atoms with Gasteiger partial charge in [-0.1, -0.05) is 6.92 Å². The van der Waals surface area contributed by atoms with Gasteiger partial charge in [0.25, 0.3) is 5.91 Å². The summed E-state index contributed by atoms with van der Waals surface area (Å²) in [6.07, 6.45) is 0.843. The van der Waals surface area contributed by atoms with E-state index >= 15 is 0 Å². The summed E-state index contributed by atoms with van der Waals surface area (Å²) in [5.74, 6) is -0.330. The maximum atomic E-state index is 12.2. The van der Waals surface area contributed by atoms with Gasteiger partial charge in [-0.25, -0.2) is 12.7 Å².